The Kier molecular flexibility index (Phi) is 2.89. The summed E-state index contributed by atoms with van der Waals surface area (Å²) in [5.41, 5.74) is 5.19. The van der Waals surface area contributed by atoms with Gasteiger partial charge in [-0.3, -0.25) is 9.59 Å². The number of likely N-dealkylation sites (tertiary alicyclic amines) is 1. The third kappa shape index (κ3) is 1.92. The summed E-state index contributed by atoms with van der Waals surface area (Å²) < 4.78 is 0. The van der Waals surface area contributed by atoms with Crippen LogP contribution in [0.4, 0.5) is 0 Å². The highest BCUT2D eigenvalue weighted by Gasteiger charge is 2.66. The quantitative estimate of drug-likeness (QED) is 0.735. The van der Waals surface area contributed by atoms with E-state index in [4.69, 9.17) is 10.8 Å². The Balaban J connectivity index is 2.01. The average molecular weight is 240 g/mol. The van der Waals surface area contributed by atoms with E-state index in [9.17, 15) is 9.59 Å². The van der Waals surface area contributed by atoms with Gasteiger partial charge in [-0.25, -0.2) is 0 Å². The number of carboxylic acid groups (broad SMARTS) is 1. The second kappa shape index (κ2) is 3.98. The molecule has 5 nitrogen and oxygen atoms in total. The van der Waals surface area contributed by atoms with Crippen molar-refractivity contribution in [3.63, 3.8) is 0 Å². The molecule has 1 saturated heterocycles. The van der Waals surface area contributed by atoms with Crippen molar-refractivity contribution in [3.05, 3.63) is 0 Å². The zero-order valence-electron chi connectivity index (χ0n) is 10.3. The number of nitrogens with zero attached hydrogens (tertiary/aromatic N) is 1. The van der Waals surface area contributed by atoms with Crippen LogP contribution < -0.4 is 5.73 Å². The van der Waals surface area contributed by atoms with E-state index in [2.05, 4.69) is 0 Å². The number of amides is 1. The molecule has 1 saturated carbocycles. The zero-order chi connectivity index (χ0) is 12.8. The van der Waals surface area contributed by atoms with Gasteiger partial charge in [-0.15, -0.1) is 0 Å². The summed E-state index contributed by atoms with van der Waals surface area (Å²) >= 11 is 0. The van der Waals surface area contributed by atoms with Gasteiger partial charge in [-0.1, -0.05) is 13.8 Å². The van der Waals surface area contributed by atoms with Crippen LogP contribution in [0.1, 0.15) is 20.3 Å². The molecule has 96 valence electrons. The first kappa shape index (κ1) is 12.4. The molecule has 5 heteroatoms. The Labute approximate surface area is 101 Å². The van der Waals surface area contributed by atoms with E-state index in [0.29, 0.717) is 19.0 Å². The van der Waals surface area contributed by atoms with Gasteiger partial charge in [-0.05, 0) is 24.3 Å². The van der Waals surface area contributed by atoms with Crippen LogP contribution in [0.3, 0.4) is 0 Å². The van der Waals surface area contributed by atoms with E-state index in [1.165, 1.54) is 0 Å². The van der Waals surface area contributed by atoms with E-state index < -0.39 is 17.3 Å². The maximum atomic E-state index is 12.2. The second-order valence-corrected chi connectivity index (χ2v) is 5.79. The maximum Gasteiger partial charge on any atom is 0.307 e. The molecule has 0 radical (unpaired) electrons. The molecule has 3 N–H and O–H groups in total. The maximum absolute atomic E-state index is 12.2. The van der Waals surface area contributed by atoms with E-state index in [0.717, 1.165) is 13.0 Å². The summed E-state index contributed by atoms with van der Waals surface area (Å²) in [5, 5.41) is 9.06. The normalized spacial score (nSPS) is 34.8. The van der Waals surface area contributed by atoms with Gasteiger partial charge >= 0.3 is 5.97 Å². The summed E-state index contributed by atoms with van der Waals surface area (Å²) in [6.45, 7) is 5.71. The van der Waals surface area contributed by atoms with Gasteiger partial charge in [0.1, 0.15) is 0 Å². The molecule has 2 aliphatic rings. The Morgan fingerprint density at radius 3 is 2.47 bits per heavy atom. The fourth-order valence-electron chi connectivity index (χ4n) is 2.98. The molecule has 1 heterocycles. The van der Waals surface area contributed by atoms with E-state index in [-0.39, 0.29) is 11.8 Å². The number of nitrogens with two attached hydrogens (primary N) is 1. The monoisotopic (exact) mass is 240 g/mol. The molecule has 2 fully saturated rings. The fourth-order valence-corrected chi connectivity index (χ4v) is 2.98. The molecule has 2 rings (SSSR count). The number of carboxylic acids is 1. The smallest absolute Gasteiger partial charge is 0.307 e. The Bertz CT molecular complexity index is 354. The first-order valence-electron chi connectivity index (χ1n) is 6.11. The van der Waals surface area contributed by atoms with Crippen LogP contribution in [-0.4, -0.2) is 41.5 Å². The van der Waals surface area contributed by atoms with Crippen molar-refractivity contribution in [2.75, 3.05) is 19.6 Å². The SMILES string of the molecule is CC1(C)[C@H](C(=O)O)[C@@H]1C(=O)N1CCC(CN)C1. The third-order valence-corrected chi connectivity index (χ3v) is 4.29. The van der Waals surface area contributed by atoms with Crippen LogP contribution in [0.15, 0.2) is 0 Å². The van der Waals surface area contributed by atoms with Crippen LogP contribution >= 0.6 is 0 Å². The van der Waals surface area contributed by atoms with E-state index >= 15 is 0 Å². The van der Waals surface area contributed by atoms with Crippen LogP contribution in [0, 0.1) is 23.2 Å². The lowest BCUT2D eigenvalue weighted by molar-refractivity contribution is -0.141. The predicted octanol–water partition coefficient (Wildman–Crippen LogP) is 0.150. The summed E-state index contributed by atoms with van der Waals surface area (Å²) in [7, 11) is 0. The number of rotatable bonds is 3. The summed E-state index contributed by atoms with van der Waals surface area (Å²) in [5.74, 6) is -1.35. The zero-order valence-corrected chi connectivity index (χ0v) is 10.3. The first-order chi connectivity index (χ1) is 7.89. The molecule has 0 aromatic rings. The first-order valence-corrected chi connectivity index (χ1v) is 6.11. The van der Waals surface area contributed by atoms with Crippen LogP contribution in [0.5, 0.6) is 0 Å². The molecule has 3 atom stereocenters. The predicted molar refractivity (Wildman–Crippen MR) is 62.1 cm³/mol. The van der Waals surface area contributed by atoms with Gasteiger partial charge in [0.05, 0.1) is 11.8 Å². The number of carbonyl (C=O) groups excluding carboxylic acids is 1. The molecular weight excluding hydrogens is 220 g/mol. The molecule has 1 amide bonds. The Morgan fingerprint density at radius 2 is 2.06 bits per heavy atom. The average Bonchev–Trinajstić information content (AvgIpc) is 2.63. The van der Waals surface area contributed by atoms with Gasteiger partial charge in [0.25, 0.3) is 0 Å². The Hall–Kier alpha value is -1.10. The number of aliphatic carboxylic acids is 1. The minimum absolute atomic E-state index is 0.00153. The highest BCUT2D eigenvalue weighted by atomic mass is 16.4. The molecule has 17 heavy (non-hydrogen) atoms. The second-order valence-electron chi connectivity index (χ2n) is 5.79. The van der Waals surface area contributed by atoms with E-state index in [1.54, 1.807) is 4.90 Å². The molecular formula is C12H20N2O3. The van der Waals surface area contributed by atoms with Crippen molar-refractivity contribution in [1.82, 2.24) is 4.90 Å². The standard InChI is InChI=1S/C12H20N2O3/c1-12(2)8(9(12)11(16)17)10(15)14-4-3-7(5-13)6-14/h7-9H,3-6,13H2,1-2H3,(H,16,17)/t7?,8-,9+/m1/s1. The van der Waals surface area contributed by atoms with Gasteiger partial charge in [0, 0.05) is 13.1 Å². The topological polar surface area (TPSA) is 83.6 Å². The third-order valence-electron chi connectivity index (χ3n) is 4.29. The minimum Gasteiger partial charge on any atom is -0.481 e. The van der Waals surface area contributed by atoms with E-state index in [1.807, 2.05) is 13.8 Å². The molecule has 1 aliphatic heterocycles. The molecule has 0 aromatic carbocycles. The van der Waals surface area contributed by atoms with Gasteiger partial charge in [-0.2, -0.15) is 0 Å². The fraction of sp³-hybridized carbons (Fsp3) is 0.833. The van der Waals surface area contributed by atoms with Crippen LogP contribution in [0.25, 0.3) is 0 Å². The van der Waals surface area contributed by atoms with Gasteiger partial charge in [0.2, 0.25) is 5.91 Å². The highest BCUT2D eigenvalue weighted by molar-refractivity contribution is 5.91. The lowest BCUT2D eigenvalue weighted by Crippen LogP contribution is -2.32. The molecule has 1 aliphatic carbocycles. The van der Waals surface area contributed by atoms with Crippen molar-refractivity contribution in [2.24, 2.45) is 28.9 Å². The summed E-state index contributed by atoms with van der Waals surface area (Å²) in [4.78, 5) is 25.0. The highest BCUT2D eigenvalue weighted by Crippen LogP contribution is 2.59. The number of hydrogen-bond donors (Lipinski definition) is 2. The summed E-state index contributed by atoms with van der Waals surface area (Å²) in [6, 6.07) is 0. The van der Waals surface area contributed by atoms with Crippen molar-refractivity contribution in [3.8, 4) is 0 Å². The molecule has 0 spiro atoms. The van der Waals surface area contributed by atoms with Gasteiger partial charge in [0.15, 0.2) is 0 Å². The molecule has 1 unspecified atom stereocenters. The van der Waals surface area contributed by atoms with Crippen molar-refractivity contribution >= 4 is 11.9 Å². The Morgan fingerprint density at radius 1 is 1.41 bits per heavy atom. The number of hydrogen-bond acceptors (Lipinski definition) is 3. The van der Waals surface area contributed by atoms with Crippen LogP contribution in [-0.2, 0) is 9.59 Å². The minimum atomic E-state index is -0.858. The lowest BCUT2D eigenvalue weighted by Gasteiger charge is -2.17. The molecule has 0 aromatic heterocycles. The summed E-state index contributed by atoms with van der Waals surface area (Å²) in [6.07, 6.45) is 0.938. The van der Waals surface area contributed by atoms with Gasteiger partial charge < -0.3 is 15.7 Å². The lowest BCUT2D eigenvalue weighted by atomic mass is 10.1. The molecule has 0 bridgehead atoms. The number of carbonyl (C=O) groups is 2. The largest absolute Gasteiger partial charge is 0.481 e. The van der Waals surface area contributed by atoms with Crippen LogP contribution in [0.2, 0.25) is 0 Å². The van der Waals surface area contributed by atoms with Crippen molar-refractivity contribution in [1.29, 1.82) is 0 Å². The van der Waals surface area contributed by atoms with Crippen molar-refractivity contribution in [2.45, 2.75) is 20.3 Å². The van der Waals surface area contributed by atoms with Crippen molar-refractivity contribution < 1.29 is 14.7 Å².